The van der Waals surface area contributed by atoms with Crippen molar-refractivity contribution >= 4 is 10.9 Å². The van der Waals surface area contributed by atoms with Crippen LogP contribution in [0.4, 0.5) is 0 Å². The Hall–Kier alpha value is -1.37. The number of benzene rings is 1. The third kappa shape index (κ3) is 1.19. The zero-order valence-corrected chi connectivity index (χ0v) is 9.27. The van der Waals surface area contributed by atoms with Crippen LogP contribution in [0.3, 0.4) is 0 Å². The van der Waals surface area contributed by atoms with Gasteiger partial charge in [-0.05, 0) is 25.0 Å². The minimum Gasteiger partial charge on any atom is -0.196 e. The molecule has 76 valence electrons. The first-order chi connectivity index (χ1) is 7.27. The largest absolute Gasteiger partial charge is 0.216 e. The molecule has 3 rings (SSSR count). The van der Waals surface area contributed by atoms with Crippen LogP contribution < -0.4 is 4.57 Å². The SMILES string of the molecule is CC1CC(C)[n+]2cccc3cccc1c32. The molecule has 0 saturated carbocycles. The van der Waals surface area contributed by atoms with Gasteiger partial charge in [-0.25, -0.2) is 0 Å². The summed E-state index contributed by atoms with van der Waals surface area (Å²) in [6.07, 6.45) is 3.46. The van der Waals surface area contributed by atoms with Crippen molar-refractivity contribution in [2.75, 3.05) is 0 Å². The molecule has 0 amide bonds. The van der Waals surface area contributed by atoms with E-state index in [2.05, 4.69) is 54.9 Å². The second kappa shape index (κ2) is 3.06. The smallest absolute Gasteiger partial charge is 0.196 e. The molecule has 1 aliphatic rings. The van der Waals surface area contributed by atoms with E-state index in [1.54, 1.807) is 0 Å². The maximum atomic E-state index is 2.42. The Kier molecular flexibility index (Phi) is 1.82. The molecule has 1 heteroatoms. The van der Waals surface area contributed by atoms with Gasteiger partial charge in [-0.1, -0.05) is 19.1 Å². The van der Waals surface area contributed by atoms with Crippen molar-refractivity contribution in [1.82, 2.24) is 0 Å². The maximum absolute atomic E-state index is 2.42. The average molecular weight is 198 g/mol. The molecule has 0 aliphatic carbocycles. The summed E-state index contributed by atoms with van der Waals surface area (Å²) >= 11 is 0. The van der Waals surface area contributed by atoms with Crippen molar-refractivity contribution in [3.05, 3.63) is 42.1 Å². The molecule has 0 bridgehead atoms. The topological polar surface area (TPSA) is 3.88 Å². The summed E-state index contributed by atoms with van der Waals surface area (Å²) in [6.45, 7) is 4.65. The van der Waals surface area contributed by atoms with Gasteiger partial charge in [0.25, 0.3) is 0 Å². The summed E-state index contributed by atoms with van der Waals surface area (Å²) in [7, 11) is 0. The lowest BCUT2D eigenvalue weighted by atomic mass is 9.88. The molecule has 2 aromatic rings. The summed E-state index contributed by atoms with van der Waals surface area (Å²) in [5.74, 6) is 0.686. The van der Waals surface area contributed by atoms with Crippen LogP contribution >= 0.6 is 0 Å². The van der Waals surface area contributed by atoms with Crippen molar-refractivity contribution in [3.8, 4) is 0 Å². The summed E-state index contributed by atoms with van der Waals surface area (Å²) in [5.41, 5.74) is 2.94. The number of aromatic nitrogens is 1. The van der Waals surface area contributed by atoms with E-state index in [0.717, 1.165) is 0 Å². The van der Waals surface area contributed by atoms with Crippen molar-refractivity contribution in [3.63, 3.8) is 0 Å². The highest BCUT2D eigenvalue weighted by atomic mass is 15.0. The van der Waals surface area contributed by atoms with E-state index in [0.29, 0.717) is 12.0 Å². The Balaban J connectivity index is 2.45. The van der Waals surface area contributed by atoms with Crippen molar-refractivity contribution in [2.24, 2.45) is 0 Å². The molecule has 0 fully saturated rings. The number of rotatable bonds is 0. The minimum atomic E-state index is 0.624. The molecule has 1 aromatic carbocycles. The molecule has 2 unspecified atom stereocenters. The first-order valence-electron chi connectivity index (χ1n) is 5.70. The number of para-hydroxylation sites is 1. The van der Waals surface area contributed by atoms with Gasteiger partial charge in [0.05, 0.1) is 0 Å². The van der Waals surface area contributed by atoms with Crippen LogP contribution in [0.5, 0.6) is 0 Å². The molecular formula is C14H16N+. The molecule has 2 heterocycles. The first-order valence-corrected chi connectivity index (χ1v) is 5.70. The molecule has 1 aliphatic heterocycles. The van der Waals surface area contributed by atoms with Crippen LogP contribution in [0.1, 0.15) is 37.8 Å². The normalized spacial score (nSPS) is 24.4. The van der Waals surface area contributed by atoms with Gasteiger partial charge in [0.1, 0.15) is 0 Å². The lowest BCUT2D eigenvalue weighted by Crippen LogP contribution is -2.42. The van der Waals surface area contributed by atoms with Crippen molar-refractivity contribution in [2.45, 2.75) is 32.2 Å². The maximum Gasteiger partial charge on any atom is 0.216 e. The highest BCUT2D eigenvalue weighted by Crippen LogP contribution is 2.32. The first kappa shape index (κ1) is 8.90. The lowest BCUT2D eigenvalue weighted by molar-refractivity contribution is -0.699. The van der Waals surface area contributed by atoms with Crippen molar-refractivity contribution in [1.29, 1.82) is 0 Å². The fourth-order valence-corrected chi connectivity index (χ4v) is 2.84. The summed E-state index contributed by atoms with van der Waals surface area (Å²) in [4.78, 5) is 0. The Labute approximate surface area is 90.4 Å². The lowest BCUT2D eigenvalue weighted by Gasteiger charge is -2.22. The molecule has 0 radical (unpaired) electrons. The number of nitrogens with zero attached hydrogens (tertiary/aromatic N) is 1. The predicted octanol–water partition coefficient (Wildman–Crippen LogP) is 3.20. The average Bonchev–Trinajstić information content (AvgIpc) is 2.25. The van der Waals surface area contributed by atoms with Gasteiger partial charge in [-0.2, -0.15) is 4.57 Å². The zero-order valence-electron chi connectivity index (χ0n) is 9.27. The molecule has 0 N–H and O–H groups in total. The molecule has 2 atom stereocenters. The molecule has 0 saturated heterocycles. The van der Waals surface area contributed by atoms with E-state index in [4.69, 9.17) is 0 Å². The molecule has 1 nitrogen and oxygen atoms in total. The Morgan fingerprint density at radius 3 is 2.80 bits per heavy atom. The zero-order chi connectivity index (χ0) is 10.4. The fraction of sp³-hybridized carbons (Fsp3) is 0.357. The summed E-state index contributed by atoms with van der Waals surface area (Å²) < 4.78 is 2.42. The van der Waals surface area contributed by atoms with Crippen LogP contribution in [0.15, 0.2) is 36.5 Å². The summed E-state index contributed by atoms with van der Waals surface area (Å²) in [5, 5.41) is 1.37. The fourth-order valence-electron chi connectivity index (χ4n) is 2.84. The van der Waals surface area contributed by atoms with Crippen LogP contribution in [0, 0.1) is 0 Å². The Morgan fingerprint density at radius 1 is 1.13 bits per heavy atom. The molecule has 1 aromatic heterocycles. The van der Waals surface area contributed by atoms with E-state index in [9.17, 15) is 0 Å². The van der Waals surface area contributed by atoms with E-state index in [-0.39, 0.29) is 0 Å². The predicted molar refractivity (Wildman–Crippen MR) is 61.9 cm³/mol. The quantitative estimate of drug-likeness (QED) is 0.572. The van der Waals surface area contributed by atoms with E-state index >= 15 is 0 Å². The van der Waals surface area contributed by atoms with Crippen LogP contribution in [0.2, 0.25) is 0 Å². The van der Waals surface area contributed by atoms with Gasteiger partial charge < -0.3 is 0 Å². The van der Waals surface area contributed by atoms with Crippen molar-refractivity contribution < 1.29 is 4.57 Å². The molecule has 15 heavy (non-hydrogen) atoms. The van der Waals surface area contributed by atoms with Crippen LogP contribution in [0.25, 0.3) is 10.9 Å². The molecular weight excluding hydrogens is 182 g/mol. The Bertz CT molecular complexity index is 473. The van der Waals surface area contributed by atoms with E-state index in [1.807, 2.05) is 0 Å². The van der Waals surface area contributed by atoms with Crippen LogP contribution in [-0.4, -0.2) is 0 Å². The van der Waals surface area contributed by atoms with Gasteiger partial charge in [0, 0.05) is 23.4 Å². The van der Waals surface area contributed by atoms with Gasteiger partial charge in [0.15, 0.2) is 12.2 Å². The van der Waals surface area contributed by atoms with Gasteiger partial charge in [-0.15, -0.1) is 0 Å². The van der Waals surface area contributed by atoms with Crippen LogP contribution in [-0.2, 0) is 0 Å². The third-order valence-corrected chi connectivity index (χ3v) is 3.58. The number of hydrogen-bond donors (Lipinski definition) is 0. The number of pyridine rings is 1. The minimum absolute atomic E-state index is 0.624. The highest BCUT2D eigenvalue weighted by molar-refractivity contribution is 5.79. The highest BCUT2D eigenvalue weighted by Gasteiger charge is 2.29. The summed E-state index contributed by atoms with van der Waals surface area (Å²) in [6, 6.07) is 11.6. The second-order valence-electron chi connectivity index (χ2n) is 4.69. The van der Waals surface area contributed by atoms with E-state index in [1.165, 1.54) is 22.9 Å². The number of hydrogen-bond acceptors (Lipinski definition) is 0. The van der Waals surface area contributed by atoms with Gasteiger partial charge in [0.2, 0.25) is 5.52 Å². The monoisotopic (exact) mass is 198 g/mol. The van der Waals surface area contributed by atoms with E-state index < -0.39 is 0 Å². The van der Waals surface area contributed by atoms with Gasteiger partial charge >= 0.3 is 0 Å². The third-order valence-electron chi connectivity index (χ3n) is 3.58. The second-order valence-corrected chi connectivity index (χ2v) is 4.69. The molecule has 0 spiro atoms. The Morgan fingerprint density at radius 2 is 1.93 bits per heavy atom. The standard InChI is InChI=1S/C14H16N/c1-10-9-11(2)15-8-4-6-12-5-3-7-13(10)14(12)15/h3-8,10-11H,9H2,1-2H3/q+1. The van der Waals surface area contributed by atoms with Gasteiger partial charge in [-0.3, -0.25) is 0 Å².